The molecule has 6 heteroatoms. The van der Waals surface area contributed by atoms with Crippen LogP contribution in [0, 0.1) is 0 Å². The molecule has 0 saturated heterocycles. The number of amides is 1. The molecule has 1 aromatic carbocycles. The Labute approximate surface area is 107 Å². The summed E-state index contributed by atoms with van der Waals surface area (Å²) < 4.78 is 26.8. The Morgan fingerprint density at radius 3 is 2.39 bits per heavy atom. The van der Waals surface area contributed by atoms with Crippen LogP contribution < -0.4 is 10.1 Å². The van der Waals surface area contributed by atoms with E-state index < -0.39 is 9.84 Å². The van der Waals surface area contributed by atoms with Crippen molar-refractivity contribution in [3.63, 3.8) is 0 Å². The molecule has 1 aromatic rings. The molecule has 1 amide bonds. The topological polar surface area (TPSA) is 72.5 Å². The van der Waals surface area contributed by atoms with Crippen molar-refractivity contribution in [1.29, 1.82) is 0 Å². The van der Waals surface area contributed by atoms with Gasteiger partial charge in [-0.2, -0.15) is 0 Å². The van der Waals surface area contributed by atoms with E-state index in [2.05, 4.69) is 5.32 Å². The molecule has 1 N–H and O–H groups in total. The minimum Gasteiger partial charge on any atom is -0.497 e. The van der Waals surface area contributed by atoms with Crippen LogP contribution in [-0.4, -0.2) is 33.4 Å². The van der Waals surface area contributed by atoms with Crippen molar-refractivity contribution in [2.75, 3.05) is 19.1 Å². The van der Waals surface area contributed by atoms with E-state index in [4.69, 9.17) is 4.74 Å². The number of carbonyl (C=O) groups excluding carboxylic acids is 1. The molecule has 100 valence electrons. The fourth-order valence-corrected chi connectivity index (χ4v) is 1.87. The molecule has 0 aliphatic rings. The van der Waals surface area contributed by atoms with Crippen LogP contribution in [0.15, 0.2) is 24.3 Å². The third-order valence-electron chi connectivity index (χ3n) is 2.35. The average Bonchev–Trinajstić information content (AvgIpc) is 2.33. The standard InChI is InChI=1S/C12H17NO4S/c1-17-11-5-3-10(4-6-11)9-13-12(14)7-8-18(2,15)16/h3-6H,7-9H2,1-2H3,(H,13,14). The van der Waals surface area contributed by atoms with Crippen LogP contribution >= 0.6 is 0 Å². The van der Waals surface area contributed by atoms with Crippen LogP contribution in [0.2, 0.25) is 0 Å². The van der Waals surface area contributed by atoms with Crippen LogP contribution in [0.25, 0.3) is 0 Å². The van der Waals surface area contributed by atoms with Gasteiger partial charge in [-0.05, 0) is 17.7 Å². The van der Waals surface area contributed by atoms with Gasteiger partial charge < -0.3 is 10.1 Å². The highest BCUT2D eigenvalue weighted by molar-refractivity contribution is 7.90. The molecule has 0 heterocycles. The quantitative estimate of drug-likeness (QED) is 0.828. The maximum absolute atomic E-state index is 11.4. The van der Waals surface area contributed by atoms with Gasteiger partial charge in [-0.3, -0.25) is 4.79 Å². The maximum atomic E-state index is 11.4. The summed E-state index contributed by atoms with van der Waals surface area (Å²) in [5, 5.41) is 2.66. The second-order valence-corrected chi connectivity index (χ2v) is 6.26. The van der Waals surface area contributed by atoms with Crippen LogP contribution in [0.4, 0.5) is 0 Å². The number of nitrogens with one attached hydrogen (secondary N) is 1. The number of hydrogen-bond acceptors (Lipinski definition) is 4. The molecule has 18 heavy (non-hydrogen) atoms. The summed E-state index contributed by atoms with van der Waals surface area (Å²) in [4.78, 5) is 11.4. The van der Waals surface area contributed by atoms with Gasteiger partial charge in [0.2, 0.25) is 5.91 Å². The molecule has 0 unspecified atom stereocenters. The van der Waals surface area contributed by atoms with E-state index in [-0.39, 0.29) is 18.1 Å². The third kappa shape index (κ3) is 5.67. The highest BCUT2D eigenvalue weighted by Gasteiger charge is 2.07. The summed E-state index contributed by atoms with van der Waals surface area (Å²) in [6.07, 6.45) is 1.11. The van der Waals surface area contributed by atoms with Crippen molar-refractivity contribution >= 4 is 15.7 Å². The molecular weight excluding hydrogens is 254 g/mol. The molecule has 0 aliphatic heterocycles. The number of ether oxygens (including phenoxy) is 1. The lowest BCUT2D eigenvalue weighted by Crippen LogP contribution is -2.24. The van der Waals surface area contributed by atoms with Crippen LogP contribution in [0.3, 0.4) is 0 Å². The smallest absolute Gasteiger partial charge is 0.221 e. The van der Waals surface area contributed by atoms with E-state index in [1.54, 1.807) is 19.2 Å². The van der Waals surface area contributed by atoms with Crippen molar-refractivity contribution in [3.8, 4) is 5.75 Å². The van der Waals surface area contributed by atoms with Gasteiger partial charge in [-0.1, -0.05) is 12.1 Å². The number of sulfone groups is 1. The van der Waals surface area contributed by atoms with Gasteiger partial charge in [0.25, 0.3) is 0 Å². The van der Waals surface area contributed by atoms with Gasteiger partial charge in [0.05, 0.1) is 12.9 Å². The molecule has 5 nitrogen and oxygen atoms in total. The Bertz CT molecular complexity index is 493. The first-order valence-corrected chi connectivity index (χ1v) is 7.54. The number of methoxy groups -OCH3 is 1. The Morgan fingerprint density at radius 1 is 1.28 bits per heavy atom. The van der Waals surface area contributed by atoms with Crippen molar-refractivity contribution < 1.29 is 17.9 Å². The predicted octanol–water partition coefficient (Wildman–Crippen LogP) is 0.746. The fraction of sp³-hybridized carbons (Fsp3) is 0.417. The zero-order chi connectivity index (χ0) is 13.6. The molecule has 0 spiro atoms. The first-order valence-electron chi connectivity index (χ1n) is 5.48. The number of rotatable bonds is 6. The Hall–Kier alpha value is -1.56. The van der Waals surface area contributed by atoms with Gasteiger partial charge in [0, 0.05) is 19.2 Å². The average molecular weight is 271 g/mol. The van der Waals surface area contributed by atoms with Crippen molar-refractivity contribution in [3.05, 3.63) is 29.8 Å². The van der Waals surface area contributed by atoms with E-state index in [1.807, 2.05) is 12.1 Å². The van der Waals surface area contributed by atoms with E-state index in [0.717, 1.165) is 17.6 Å². The van der Waals surface area contributed by atoms with E-state index in [0.29, 0.717) is 6.54 Å². The second-order valence-electron chi connectivity index (χ2n) is 4.00. The predicted molar refractivity (Wildman–Crippen MR) is 69.2 cm³/mol. The van der Waals surface area contributed by atoms with E-state index >= 15 is 0 Å². The number of hydrogen-bond donors (Lipinski definition) is 1. The van der Waals surface area contributed by atoms with Crippen molar-refractivity contribution in [2.24, 2.45) is 0 Å². The fourth-order valence-electron chi connectivity index (χ4n) is 1.31. The molecule has 0 aromatic heterocycles. The molecule has 0 fully saturated rings. The molecule has 0 aliphatic carbocycles. The minimum atomic E-state index is -3.09. The van der Waals surface area contributed by atoms with Crippen LogP contribution in [0.1, 0.15) is 12.0 Å². The second kappa shape index (κ2) is 6.39. The highest BCUT2D eigenvalue weighted by atomic mass is 32.2. The normalized spacial score (nSPS) is 11.0. The third-order valence-corrected chi connectivity index (χ3v) is 3.29. The van der Waals surface area contributed by atoms with Crippen LogP contribution in [-0.2, 0) is 21.2 Å². The first kappa shape index (κ1) is 14.5. The summed E-state index contributed by atoms with van der Waals surface area (Å²) in [5.41, 5.74) is 0.934. The molecule has 0 radical (unpaired) electrons. The Balaban J connectivity index is 2.38. The Morgan fingerprint density at radius 2 is 1.89 bits per heavy atom. The zero-order valence-corrected chi connectivity index (χ0v) is 11.3. The Kier molecular flexibility index (Phi) is 5.15. The van der Waals surface area contributed by atoms with Crippen molar-refractivity contribution in [2.45, 2.75) is 13.0 Å². The minimum absolute atomic E-state index is 0.00497. The SMILES string of the molecule is COc1ccc(CNC(=O)CCS(C)(=O)=O)cc1. The molecule has 1 rings (SSSR count). The lowest BCUT2D eigenvalue weighted by Gasteiger charge is -2.06. The number of carbonyl (C=O) groups is 1. The number of benzene rings is 1. The molecule has 0 bridgehead atoms. The monoisotopic (exact) mass is 271 g/mol. The van der Waals surface area contributed by atoms with E-state index in [1.165, 1.54) is 0 Å². The first-order chi connectivity index (χ1) is 8.40. The summed E-state index contributed by atoms with van der Waals surface area (Å²) >= 11 is 0. The summed E-state index contributed by atoms with van der Waals surface area (Å²) in [6.45, 7) is 0.382. The molecule has 0 atom stereocenters. The van der Waals surface area contributed by atoms with Gasteiger partial charge >= 0.3 is 0 Å². The van der Waals surface area contributed by atoms with E-state index in [9.17, 15) is 13.2 Å². The molecule has 0 saturated carbocycles. The lowest BCUT2D eigenvalue weighted by atomic mass is 10.2. The molecular formula is C12H17NO4S. The van der Waals surface area contributed by atoms with Crippen molar-refractivity contribution in [1.82, 2.24) is 5.32 Å². The lowest BCUT2D eigenvalue weighted by molar-refractivity contribution is -0.120. The van der Waals surface area contributed by atoms with Gasteiger partial charge in [-0.15, -0.1) is 0 Å². The maximum Gasteiger partial charge on any atom is 0.221 e. The highest BCUT2D eigenvalue weighted by Crippen LogP contribution is 2.10. The van der Waals surface area contributed by atoms with Crippen LogP contribution in [0.5, 0.6) is 5.75 Å². The van der Waals surface area contributed by atoms with Gasteiger partial charge in [0.1, 0.15) is 15.6 Å². The summed E-state index contributed by atoms with van der Waals surface area (Å²) in [6, 6.07) is 7.29. The summed E-state index contributed by atoms with van der Waals surface area (Å²) in [5.74, 6) is 0.361. The van der Waals surface area contributed by atoms with Gasteiger partial charge in [0.15, 0.2) is 0 Å². The largest absolute Gasteiger partial charge is 0.497 e. The summed E-state index contributed by atoms with van der Waals surface area (Å²) in [7, 11) is -1.50. The zero-order valence-electron chi connectivity index (χ0n) is 10.5. The van der Waals surface area contributed by atoms with Gasteiger partial charge in [-0.25, -0.2) is 8.42 Å².